The average Bonchev–Trinajstić information content (AvgIpc) is 2.49. The minimum Gasteiger partial charge on any atom is -0.0791 e. The molecule has 17 heavy (non-hydrogen) atoms. The molecule has 3 atom stereocenters. The van der Waals surface area contributed by atoms with Crippen LogP contribution < -0.4 is 0 Å². The van der Waals surface area contributed by atoms with Crippen molar-refractivity contribution >= 4 is 45.2 Å². The Morgan fingerprint density at radius 2 is 2.06 bits per heavy atom. The van der Waals surface area contributed by atoms with Crippen LogP contribution in [-0.2, 0) is 0 Å². The van der Waals surface area contributed by atoms with Crippen molar-refractivity contribution in [1.29, 1.82) is 0 Å². The summed E-state index contributed by atoms with van der Waals surface area (Å²) in [5, 5.41) is 0. The zero-order valence-electron chi connectivity index (χ0n) is 10.1. The van der Waals surface area contributed by atoms with E-state index >= 15 is 0 Å². The minimum absolute atomic E-state index is 0.293. The molecule has 3 aliphatic rings. The summed E-state index contributed by atoms with van der Waals surface area (Å²) >= 11 is 4.99. The van der Waals surface area contributed by atoms with E-state index in [0.717, 1.165) is 0 Å². The van der Waals surface area contributed by atoms with Gasteiger partial charge in [-0.1, -0.05) is 66.8 Å². The molecule has 1 fully saturated rings. The molecule has 2 heteroatoms. The second kappa shape index (κ2) is 4.22. The van der Waals surface area contributed by atoms with E-state index in [0.29, 0.717) is 21.2 Å². The Labute approximate surface area is 131 Å². The number of fused-ring (bicyclic) bond motifs is 3. The van der Waals surface area contributed by atoms with Gasteiger partial charge in [-0.15, -0.1) is 0 Å². The summed E-state index contributed by atoms with van der Waals surface area (Å²) in [7, 11) is 0. The summed E-state index contributed by atoms with van der Waals surface area (Å²) in [5.74, 6) is 1.28. The molecule has 3 unspecified atom stereocenters. The van der Waals surface area contributed by atoms with Gasteiger partial charge in [-0.2, -0.15) is 0 Å². The highest BCUT2D eigenvalue weighted by Crippen LogP contribution is 2.58. The van der Waals surface area contributed by atoms with Gasteiger partial charge in [0.25, 0.3) is 0 Å². The lowest BCUT2D eigenvalue weighted by Crippen LogP contribution is -2.22. The Morgan fingerprint density at radius 1 is 1.29 bits per heavy atom. The maximum atomic E-state index is 2.55. The first kappa shape index (κ1) is 12.5. The molecular formula is C15H16I2. The van der Waals surface area contributed by atoms with Crippen molar-refractivity contribution in [3.63, 3.8) is 0 Å². The third kappa shape index (κ3) is 1.90. The van der Waals surface area contributed by atoms with Crippen molar-refractivity contribution in [3.05, 3.63) is 45.1 Å². The largest absolute Gasteiger partial charge is 0.0791 e. The zero-order chi connectivity index (χ0) is 12.2. The van der Waals surface area contributed by atoms with Crippen LogP contribution in [0.25, 0.3) is 0 Å². The van der Waals surface area contributed by atoms with Crippen molar-refractivity contribution in [2.75, 3.05) is 0 Å². The summed E-state index contributed by atoms with van der Waals surface area (Å²) in [6, 6.07) is 0. The maximum Gasteiger partial charge on any atom is 0.0330 e. The molecule has 0 amide bonds. The fourth-order valence-electron chi connectivity index (χ4n) is 3.38. The van der Waals surface area contributed by atoms with E-state index < -0.39 is 0 Å². The Hall–Kier alpha value is 0.420. The van der Waals surface area contributed by atoms with Crippen LogP contribution in [0, 0.1) is 17.3 Å². The molecule has 0 radical (unpaired) electrons. The normalized spacial score (nSPS) is 37.9. The summed E-state index contributed by atoms with van der Waals surface area (Å²) in [4.78, 5) is 0. The van der Waals surface area contributed by atoms with Crippen LogP contribution >= 0.6 is 45.2 Å². The van der Waals surface area contributed by atoms with E-state index in [-0.39, 0.29) is 0 Å². The molecule has 0 aromatic rings. The SMILES string of the molecule is CC1(C)C2=CC(I)CC=C2C2C=CC(I)=CC21. The summed E-state index contributed by atoms with van der Waals surface area (Å²) in [6.45, 7) is 4.82. The fourth-order valence-corrected chi connectivity index (χ4v) is 4.59. The zero-order valence-corrected chi connectivity index (χ0v) is 14.4. The quantitative estimate of drug-likeness (QED) is 0.352. The number of halogens is 2. The van der Waals surface area contributed by atoms with E-state index in [1.54, 1.807) is 11.1 Å². The van der Waals surface area contributed by atoms with E-state index in [1.165, 1.54) is 10.0 Å². The lowest BCUT2D eigenvalue weighted by atomic mass is 9.75. The minimum atomic E-state index is 0.293. The predicted molar refractivity (Wildman–Crippen MR) is 90.6 cm³/mol. The van der Waals surface area contributed by atoms with Crippen LogP contribution in [0.3, 0.4) is 0 Å². The molecule has 0 N–H and O–H groups in total. The highest BCUT2D eigenvalue weighted by molar-refractivity contribution is 14.1. The summed E-state index contributed by atoms with van der Waals surface area (Å²) in [5.41, 5.74) is 3.50. The second-order valence-corrected chi connectivity index (χ2v) is 8.52. The first-order valence-electron chi connectivity index (χ1n) is 6.12. The predicted octanol–water partition coefficient (Wildman–Crippen LogP) is 5.21. The fraction of sp³-hybridized carbons (Fsp3) is 0.467. The van der Waals surface area contributed by atoms with Gasteiger partial charge in [0.2, 0.25) is 0 Å². The molecule has 3 rings (SSSR count). The number of hydrogen-bond donors (Lipinski definition) is 0. The Kier molecular flexibility index (Phi) is 3.09. The van der Waals surface area contributed by atoms with Crippen molar-refractivity contribution in [2.45, 2.75) is 24.2 Å². The first-order chi connectivity index (χ1) is 8.00. The number of alkyl halides is 1. The molecule has 0 nitrogen and oxygen atoms in total. The van der Waals surface area contributed by atoms with Gasteiger partial charge < -0.3 is 0 Å². The maximum absolute atomic E-state index is 2.55. The Bertz CT molecular complexity index is 477. The molecule has 0 heterocycles. The van der Waals surface area contributed by atoms with Gasteiger partial charge in [0.05, 0.1) is 0 Å². The van der Waals surface area contributed by atoms with E-state index in [2.05, 4.69) is 89.4 Å². The first-order valence-corrected chi connectivity index (χ1v) is 8.45. The Balaban J connectivity index is 2.13. The van der Waals surface area contributed by atoms with Crippen molar-refractivity contribution in [2.24, 2.45) is 17.3 Å². The van der Waals surface area contributed by atoms with Gasteiger partial charge >= 0.3 is 0 Å². The number of hydrogen-bond acceptors (Lipinski definition) is 0. The summed E-state index contributed by atoms with van der Waals surface area (Å²) < 4.78 is 2.07. The van der Waals surface area contributed by atoms with Gasteiger partial charge in [-0.05, 0) is 51.5 Å². The second-order valence-electron chi connectivity index (χ2n) is 5.68. The van der Waals surface area contributed by atoms with Crippen molar-refractivity contribution in [3.8, 4) is 0 Å². The monoisotopic (exact) mass is 450 g/mol. The topological polar surface area (TPSA) is 0 Å². The van der Waals surface area contributed by atoms with Crippen LogP contribution in [0.15, 0.2) is 45.1 Å². The highest BCUT2D eigenvalue weighted by atomic mass is 127. The molecule has 0 spiro atoms. The van der Waals surface area contributed by atoms with Crippen LogP contribution in [0.5, 0.6) is 0 Å². The van der Waals surface area contributed by atoms with Crippen LogP contribution in [0.2, 0.25) is 0 Å². The van der Waals surface area contributed by atoms with Crippen molar-refractivity contribution in [1.82, 2.24) is 0 Å². The van der Waals surface area contributed by atoms with Gasteiger partial charge in [0.1, 0.15) is 0 Å². The molecule has 3 aliphatic carbocycles. The lowest BCUT2D eigenvalue weighted by Gasteiger charge is -2.29. The van der Waals surface area contributed by atoms with Gasteiger partial charge in [0, 0.05) is 13.4 Å². The molecule has 90 valence electrons. The molecule has 0 bridgehead atoms. The van der Waals surface area contributed by atoms with E-state index in [9.17, 15) is 0 Å². The molecular weight excluding hydrogens is 434 g/mol. The molecule has 0 saturated heterocycles. The van der Waals surface area contributed by atoms with E-state index in [4.69, 9.17) is 0 Å². The van der Waals surface area contributed by atoms with E-state index in [1.807, 2.05) is 0 Å². The molecule has 0 aromatic carbocycles. The van der Waals surface area contributed by atoms with Crippen LogP contribution in [-0.4, -0.2) is 3.92 Å². The van der Waals surface area contributed by atoms with Gasteiger partial charge in [-0.3, -0.25) is 0 Å². The average molecular weight is 450 g/mol. The van der Waals surface area contributed by atoms with Crippen molar-refractivity contribution < 1.29 is 0 Å². The molecule has 1 saturated carbocycles. The highest BCUT2D eigenvalue weighted by Gasteiger charge is 2.48. The lowest BCUT2D eigenvalue weighted by molar-refractivity contribution is 0.333. The van der Waals surface area contributed by atoms with Gasteiger partial charge in [-0.25, -0.2) is 0 Å². The molecule has 0 aromatic heterocycles. The number of allylic oxidation sites excluding steroid dienone is 8. The van der Waals surface area contributed by atoms with Crippen LogP contribution in [0.1, 0.15) is 20.3 Å². The van der Waals surface area contributed by atoms with Crippen LogP contribution in [0.4, 0.5) is 0 Å². The standard InChI is InChI=1S/C15H16I2/c1-15(2)13-7-9(16)3-5-11(13)12-6-4-10(17)8-14(12)15/h3,5-8,10-11,13H,4H2,1-2H3. The summed E-state index contributed by atoms with van der Waals surface area (Å²) in [6.07, 6.45) is 13.3. The number of rotatable bonds is 0. The smallest absolute Gasteiger partial charge is 0.0330 e. The molecule has 0 aliphatic heterocycles. The third-order valence-electron chi connectivity index (χ3n) is 4.30. The van der Waals surface area contributed by atoms with Gasteiger partial charge in [0.15, 0.2) is 0 Å². The third-order valence-corrected chi connectivity index (χ3v) is 5.88. The Morgan fingerprint density at radius 3 is 2.82 bits per heavy atom.